The van der Waals surface area contributed by atoms with Crippen molar-refractivity contribution in [3.05, 3.63) is 18.2 Å². The first-order valence-electron chi connectivity index (χ1n) is 6.45. The van der Waals surface area contributed by atoms with Crippen LogP contribution in [0.4, 0.5) is 0 Å². The van der Waals surface area contributed by atoms with Crippen LogP contribution in [0, 0.1) is 5.92 Å². The first kappa shape index (κ1) is 14.4. The van der Waals surface area contributed by atoms with Crippen molar-refractivity contribution in [2.45, 2.75) is 30.2 Å². The lowest BCUT2D eigenvalue weighted by Gasteiger charge is -2.17. The first-order chi connectivity index (χ1) is 9.99. The standard InChI is InChI=1S/C12H13N3O4S2/c16-12(17)7-3-1-4-8(7)15-21(18,19)10-6-2-5-9-11(10)14-20-13-9/h2,5-8,15H,1,3-4H2,(H,16,17). The lowest BCUT2D eigenvalue weighted by atomic mass is 10.1. The Bertz CT molecular complexity index is 787. The monoisotopic (exact) mass is 327 g/mol. The van der Waals surface area contributed by atoms with Crippen molar-refractivity contribution < 1.29 is 18.3 Å². The SMILES string of the molecule is O=C(O)C1CCCC1NS(=O)(=O)c1cccc2nsnc12. The summed E-state index contributed by atoms with van der Waals surface area (Å²) in [6.45, 7) is 0. The molecule has 9 heteroatoms. The van der Waals surface area contributed by atoms with Crippen molar-refractivity contribution in [1.29, 1.82) is 0 Å². The van der Waals surface area contributed by atoms with E-state index in [1.807, 2.05) is 0 Å². The third-order valence-corrected chi connectivity index (χ3v) is 5.74. The van der Waals surface area contributed by atoms with Crippen LogP contribution in [0.25, 0.3) is 11.0 Å². The van der Waals surface area contributed by atoms with Gasteiger partial charge in [-0.1, -0.05) is 12.5 Å². The van der Waals surface area contributed by atoms with Gasteiger partial charge >= 0.3 is 5.97 Å². The molecule has 0 radical (unpaired) electrons. The largest absolute Gasteiger partial charge is 0.481 e. The summed E-state index contributed by atoms with van der Waals surface area (Å²) in [5.74, 6) is -1.64. The van der Waals surface area contributed by atoms with Gasteiger partial charge in [0.15, 0.2) is 0 Å². The van der Waals surface area contributed by atoms with Crippen LogP contribution < -0.4 is 4.72 Å². The molecule has 2 unspecified atom stereocenters. The van der Waals surface area contributed by atoms with E-state index in [0.717, 1.165) is 11.7 Å². The molecular weight excluding hydrogens is 314 g/mol. The molecule has 1 saturated carbocycles. The Kier molecular flexibility index (Phi) is 3.64. The second-order valence-electron chi connectivity index (χ2n) is 4.99. The van der Waals surface area contributed by atoms with E-state index in [1.165, 1.54) is 6.07 Å². The summed E-state index contributed by atoms with van der Waals surface area (Å²) in [5.41, 5.74) is 0.837. The molecule has 1 aliphatic carbocycles. The van der Waals surface area contributed by atoms with Crippen LogP contribution in [-0.2, 0) is 14.8 Å². The molecule has 2 atom stereocenters. The molecule has 1 aromatic carbocycles. The summed E-state index contributed by atoms with van der Waals surface area (Å²) in [5, 5.41) is 9.13. The summed E-state index contributed by atoms with van der Waals surface area (Å²) in [7, 11) is -3.82. The lowest BCUT2D eigenvalue weighted by Crippen LogP contribution is -2.40. The highest BCUT2D eigenvalue weighted by atomic mass is 32.2. The number of hydrogen-bond acceptors (Lipinski definition) is 6. The average molecular weight is 327 g/mol. The number of carbonyl (C=O) groups is 1. The third kappa shape index (κ3) is 2.63. The molecule has 1 aromatic heterocycles. The van der Waals surface area contributed by atoms with Crippen LogP contribution in [0.5, 0.6) is 0 Å². The van der Waals surface area contributed by atoms with E-state index < -0.39 is 28.0 Å². The maximum Gasteiger partial charge on any atom is 0.308 e. The van der Waals surface area contributed by atoms with E-state index in [-0.39, 0.29) is 4.90 Å². The molecule has 1 fully saturated rings. The van der Waals surface area contributed by atoms with Crippen molar-refractivity contribution in [2.24, 2.45) is 5.92 Å². The molecule has 21 heavy (non-hydrogen) atoms. The van der Waals surface area contributed by atoms with Gasteiger partial charge < -0.3 is 5.11 Å². The van der Waals surface area contributed by atoms with Gasteiger partial charge in [0.1, 0.15) is 15.9 Å². The Morgan fingerprint density at radius 1 is 1.33 bits per heavy atom. The first-order valence-corrected chi connectivity index (χ1v) is 8.67. The highest BCUT2D eigenvalue weighted by Crippen LogP contribution is 2.28. The van der Waals surface area contributed by atoms with Gasteiger partial charge in [0.2, 0.25) is 10.0 Å². The van der Waals surface area contributed by atoms with Crippen LogP contribution in [0.3, 0.4) is 0 Å². The Morgan fingerprint density at radius 3 is 2.90 bits per heavy atom. The van der Waals surface area contributed by atoms with Crippen LogP contribution in [-0.4, -0.2) is 34.3 Å². The van der Waals surface area contributed by atoms with E-state index in [4.69, 9.17) is 5.11 Å². The van der Waals surface area contributed by atoms with Crippen LogP contribution in [0.1, 0.15) is 19.3 Å². The number of carboxylic acids is 1. The van der Waals surface area contributed by atoms with Gasteiger partial charge in [-0.3, -0.25) is 4.79 Å². The second kappa shape index (κ2) is 5.32. The Balaban J connectivity index is 1.94. The van der Waals surface area contributed by atoms with Gasteiger partial charge in [-0.25, -0.2) is 13.1 Å². The minimum absolute atomic E-state index is 0.0461. The molecule has 0 saturated heterocycles. The molecular formula is C12H13N3O4S2. The van der Waals surface area contributed by atoms with Crippen molar-refractivity contribution in [2.75, 3.05) is 0 Å². The van der Waals surface area contributed by atoms with Gasteiger partial charge in [0, 0.05) is 6.04 Å². The number of carboxylic acid groups (broad SMARTS) is 1. The maximum atomic E-state index is 12.5. The van der Waals surface area contributed by atoms with Crippen LogP contribution >= 0.6 is 11.7 Å². The molecule has 0 spiro atoms. The molecule has 112 valence electrons. The fraction of sp³-hybridized carbons (Fsp3) is 0.417. The maximum absolute atomic E-state index is 12.5. The molecule has 7 nitrogen and oxygen atoms in total. The Morgan fingerprint density at radius 2 is 2.14 bits per heavy atom. The van der Waals surface area contributed by atoms with Crippen molar-refractivity contribution >= 4 is 38.8 Å². The van der Waals surface area contributed by atoms with Gasteiger partial charge in [-0.05, 0) is 25.0 Å². The van der Waals surface area contributed by atoms with Crippen LogP contribution in [0.15, 0.2) is 23.1 Å². The number of sulfonamides is 1. The second-order valence-corrected chi connectivity index (χ2v) is 7.20. The van der Waals surface area contributed by atoms with Gasteiger partial charge in [0.05, 0.1) is 17.6 Å². The molecule has 1 heterocycles. The highest BCUT2D eigenvalue weighted by Gasteiger charge is 2.36. The predicted octanol–water partition coefficient (Wildman–Crippen LogP) is 1.22. The topological polar surface area (TPSA) is 109 Å². The summed E-state index contributed by atoms with van der Waals surface area (Å²) in [6.07, 6.45) is 1.72. The van der Waals surface area contributed by atoms with Crippen molar-refractivity contribution in [3.63, 3.8) is 0 Å². The van der Waals surface area contributed by atoms with Crippen LogP contribution in [0.2, 0.25) is 0 Å². The summed E-state index contributed by atoms with van der Waals surface area (Å²) in [4.78, 5) is 11.2. The molecule has 0 aliphatic heterocycles. The highest BCUT2D eigenvalue weighted by molar-refractivity contribution is 7.89. The zero-order valence-corrected chi connectivity index (χ0v) is 12.5. The smallest absolute Gasteiger partial charge is 0.308 e. The normalized spacial score (nSPS) is 22.7. The Labute approximate surface area is 125 Å². The molecule has 1 aliphatic rings. The molecule has 0 amide bonds. The molecule has 2 aromatic rings. The predicted molar refractivity (Wildman–Crippen MR) is 76.5 cm³/mol. The fourth-order valence-electron chi connectivity index (χ4n) is 2.66. The molecule has 0 bridgehead atoms. The lowest BCUT2D eigenvalue weighted by molar-refractivity contribution is -0.141. The van der Waals surface area contributed by atoms with Gasteiger partial charge in [-0.15, -0.1) is 0 Å². The summed E-state index contributed by atoms with van der Waals surface area (Å²) in [6, 6.07) is 4.17. The minimum Gasteiger partial charge on any atom is -0.481 e. The van der Waals surface area contributed by atoms with Gasteiger partial charge in [-0.2, -0.15) is 8.75 Å². The Hall–Kier alpha value is -1.58. The zero-order chi connectivity index (χ0) is 15.0. The summed E-state index contributed by atoms with van der Waals surface area (Å²) < 4.78 is 35.5. The number of nitrogens with zero attached hydrogens (tertiary/aromatic N) is 2. The number of hydrogen-bond donors (Lipinski definition) is 2. The van der Waals surface area contributed by atoms with Crippen molar-refractivity contribution in [3.8, 4) is 0 Å². The third-order valence-electron chi connectivity index (χ3n) is 3.68. The number of aliphatic carboxylic acids is 1. The molecule has 3 rings (SSSR count). The summed E-state index contributed by atoms with van der Waals surface area (Å²) >= 11 is 0.945. The van der Waals surface area contributed by atoms with E-state index in [0.29, 0.717) is 30.3 Å². The zero-order valence-electron chi connectivity index (χ0n) is 10.9. The van der Waals surface area contributed by atoms with Crippen molar-refractivity contribution in [1.82, 2.24) is 13.5 Å². The van der Waals surface area contributed by atoms with E-state index >= 15 is 0 Å². The average Bonchev–Trinajstić information content (AvgIpc) is 3.05. The van der Waals surface area contributed by atoms with E-state index in [2.05, 4.69) is 13.5 Å². The van der Waals surface area contributed by atoms with Gasteiger partial charge in [0.25, 0.3) is 0 Å². The number of rotatable bonds is 4. The number of aromatic nitrogens is 2. The number of benzene rings is 1. The fourth-order valence-corrected chi connectivity index (χ4v) is 4.74. The minimum atomic E-state index is -3.82. The quantitative estimate of drug-likeness (QED) is 0.874. The number of fused-ring (bicyclic) bond motifs is 1. The molecule has 2 N–H and O–H groups in total. The van der Waals surface area contributed by atoms with E-state index in [9.17, 15) is 13.2 Å². The number of nitrogens with one attached hydrogen (secondary N) is 1. The van der Waals surface area contributed by atoms with E-state index in [1.54, 1.807) is 12.1 Å².